The van der Waals surface area contributed by atoms with Gasteiger partial charge in [-0.15, -0.1) is 0 Å². The van der Waals surface area contributed by atoms with Gasteiger partial charge in [-0.2, -0.15) is 4.37 Å². The Balaban J connectivity index is 2.20. The van der Waals surface area contributed by atoms with Crippen molar-refractivity contribution < 1.29 is 14.6 Å². The standard InChI is InChI=1S/C13H14N2O3S/c1-8-11(7-19-15-8)13(17)14-10-3-4-12(18-2)9(5-10)6-16/h3-5,7,16H,6H2,1-2H3,(H,14,17). The van der Waals surface area contributed by atoms with Gasteiger partial charge in [0.2, 0.25) is 0 Å². The van der Waals surface area contributed by atoms with E-state index in [9.17, 15) is 9.90 Å². The number of methoxy groups -OCH3 is 1. The third kappa shape index (κ3) is 2.91. The van der Waals surface area contributed by atoms with E-state index in [0.717, 1.165) is 0 Å². The molecule has 1 heterocycles. The molecule has 0 saturated carbocycles. The van der Waals surface area contributed by atoms with Crippen LogP contribution >= 0.6 is 11.5 Å². The number of benzene rings is 1. The summed E-state index contributed by atoms with van der Waals surface area (Å²) in [7, 11) is 1.53. The molecule has 19 heavy (non-hydrogen) atoms. The first-order chi connectivity index (χ1) is 9.15. The molecular formula is C13H14N2O3S. The number of nitrogens with one attached hydrogen (secondary N) is 1. The van der Waals surface area contributed by atoms with Gasteiger partial charge in [0.15, 0.2) is 0 Å². The van der Waals surface area contributed by atoms with E-state index >= 15 is 0 Å². The molecule has 1 aromatic carbocycles. The summed E-state index contributed by atoms with van der Waals surface area (Å²) in [6.45, 7) is 1.64. The van der Waals surface area contributed by atoms with Gasteiger partial charge in [0, 0.05) is 16.6 Å². The molecule has 0 aliphatic rings. The highest BCUT2D eigenvalue weighted by Gasteiger charge is 2.12. The lowest BCUT2D eigenvalue weighted by molar-refractivity contribution is 0.102. The summed E-state index contributed by atoms with van der Waals surface area (Å²) in [6, 6.07) is 5.12. The van der Waals surface area contributed by atoms with Crippen LogP contribution in [0.3, 0.4) is 0 Å². The maximum Gasteiger partial charge on any atom is 0.258 e. The summed E-state index contributed by atoms with van der Waals surface area (Å²) in [5.41, 5.74) is 2.51. The van der Waals surface area contributed by atoms with Gasteiger partial charge in [0.1, 0.15) is 5.75 Å². The van der Waals surface area contributed by atoms with Crippen LogP contribution in [0.4, 0.5) is 5.69 Å². The minimum absolute atomic E-state index is 0.147. The summed E-state index contributed by atoms with van der Waals surface area (Å²) in [5, 5.41) is 13.7. The molecule has 0 radical (unpaired) electrons. The van der Waals surface area contributed by atoms with Crippen LogP contribution in [0.2, 0.25) is 0 Å². The molecule has 2 rings (SSSR count). The number of aromatic nitrogens is 1. The lowest BCUT2D eigenvalue weighted by atomic mass is 10.1. The Morgan fingerprint density at radius 1 is 1.53 bits per heavy atom. The molecule has 6 heteroatoms. The van der Waals surface area contributed by atoms with Crippen LogP contribution in [-0.2, 0) is 6.61 Å². The van der Waals surface area contributed by atoms with Crippen molar-refractivity contribution in [2.45, 2.75) is 13.5 Å². The second kappa shape index (κ2) is 5.81. The molecule has 0 fully saturated rings. The fraction of sp³-hybridized carbons (Fsp3) is 0.231. The second-order valence-electron chi connectivity index (χ2n) is 3.95. The van der Waals surface area contributed by atoms with Crippen molar-refractivity contribution in [2.75, 3.05) is 12.4 Å². The van der Waals surface area contributed by atoms with Gasteiger partial charge in [-0.3, -0.25) is 4.79 Å². The number of aliphatic hydroxyl groups excluding tert-OH is 1. The summed E-state index contributed by atoms with van der Waals surface area (Å²) in [6.07, 6.45) is 0. The summed E-state index contributed by atoms with van der Waals surface area (Å²) in [5.74, 6) is 0.384. The summed E-state index contributed by atoms with van der Waals surface area (Å²) in [4.78, 5) is 12.0. The highest BCUT2D eigenvalue weighted by Crippen LogP contribution is 2.23. The monoisotopic (exact) mass is 278 g/mol. The van der Waals surface area contributed by atoms with Gasteiger partial charge in [-0.05, 0) is 36.7 Å². The van der Waals surface area contributed by atoms with Crippen LogP contribution in [0.5, 0.6) is 5.75 Å². The number of amides is 1. The van der Waals surface area contributed by atoms with Gasteiger partial charge >= 0.3 is 0 Å². The Bertz CT molecular complexity index is 595. The molecule has 1 amide bonds. The smallest absolute Gasteiger partial charge is 0.258 e. The van der Waals surface area contributed by atoms with E-state index in [4.69, 9.17) is 4.74 Å². The van der Waals surface area contributed by atoms with Crippen LogP contribution < -0.4 is 10.1 Å². The van der Waals surface area contributed by atoms with E-state index in [2.05, 4.69) is 9.69 Å². The molecule has 2 aromatic rings. The summed E-state index contributed by atoms with van der Waals surface area (Å²) >= 11 is 1.25. The molecule has 0 unspecified atom stereocenters. The third-order valence-corrected chi connectivity index (χ3v) is 3.42. The maximum absolute atomic E-state index is 12.0. The zero-order chi connectivity index (χ0) is 13.8. The lowest BCUT2D eigenvalue weighted by Gasteiger charge is -2.09. The third-order valence-electron chi connectivity index (χ3n) is 2.70. The molecular weight excluding hydrogens is 264 g/mol. The Labute approximate surface area is 115 Å². The summed E-state index contributed by atoms with van der Waals surface area (Å²) < 4.78 is 9.17. The zero-order valence-electron chi connectivity index (χ0n) is 10.6. The molecule has 2 N–H and O–H groups in total. The predicted octanol–water partition coefficient (Wildman–Crippen LogP) is 2.20. The van der Waals surface area contributed by atoms with Crippen LogP contribution in [0, 0.1) is 6.92 Å². The first-order valence-corrected chi connectivity index (χ1v) is 6.49. The number of aliphatic hydroxyl groups is 1. The normalized spacial score (nSPS) is 10.3. The minimum Gasteiger partial charge on any atom is -0.496 e. The van der Waals surface area contributed by atoms with Crippen molar-refractivity contribution in [3.8, 4) is 5.75 Å². The molecule has 0 atom stereocenters. The van der Waals surface area contributed by atoms with E-state index in [-0.39, 0.29) is 12.5 Å². The Morgan fingerprint density at radius 2 is 2.32 bits per heavy atom. The van der Waals surface area contributed by atoms with Crippen molar-refractivity contribution in [1.29, 1.82) is 0 Å². The fourth-order valence-corrected chi connectivity index (χ4v) is 2.38. The highest BCUT2D eigenvalue weighted by molar-refractivity contribution is 7.04. The second-order valence-corrected chi connectivity index (χ2v) is 4.58. The topological polar surface area (TPSA) is 71.5 Å². The van der Waals surface area contributed by atoms with Gasteiger partial charge in [0.25, 0.3) is 5.91 Å². The van der Waals surface area contributed by atoms with Crippen molar-refractivity contribution in [3.63, 3.8) is 0 Å². The number of aryl methyl sites for hydroxylation is 1. The van der Waals surface area contributed by atoms with Gasteiger partial charge in [-0.25, -0.2) is 0 Å². The molecule has 0 aliphatic heterocycles. The largest absolute Gasteiger partial charge is 0.496 e. The first kappa shape index (κ1) is 13.5. The van der Waals surface area contributed by atoms with Crippen LogP contribution in [0.25, 0.3) is 0 Å². The predicted molar refractivity (Wildman–Crippen MR) is 73.7 cm³/mol. The number of anilines is 1. The SMILES string of the molecule is COc1ccc(NC(=O)c2csnc2C)cc1CO. The molecule has 0 spiro atoms. The van der Waals surface area contributed by atoms with E-state index in [1.165, 1.54) is 18.6 Å². The number of carbonyl (C=O) groups excluding carboxylic acids is 1. The first-order valence-electron chi connectivity index (χ1n) is 5.65. The van der Waals surface area contributed by atoms with E-state index in [1.54, 1.807) is 30.5 Å². The molecule has 0 bridgehead atoms. The Morgan fingerprint density at radius 3 is 2.89 bits per heavy atom. The Kier molecular flexibility index (Phi) is 4.13. The quantitative estimate of drug-likeness (QED) is 0.899. The number of ether oxygens (including phenoxy) is 1. The van der Waals surface area contributed by atoms with E-state index in [0.29, 0.717) is 28.3 Å². The molecule has 0 aliphatic carbocycles. The highest BCUT2D eigenvalue weighted by atomic mass is 32.1. The van der Waals surface area contributed by atoms with Crippen LogP contribution in [0.1, 0.15) is 21.6 Å². The molecule has 5 nitrogen and oxygen atoms in total. The Hall–Kier alpha value is -1.92. The molecule has 0 saturated heterocycles. The van der Waals surface area contributed by atoms with Crippen LogP contribution in [-0.4, -0.2) is 22.5 Å². The number of rotatable bonds is 4. The van der Waals surface area contributed by atoms with Crippen molar-refractivity contribution in [1.82, 2.24) is 4.37 Å². The zero-order valence-corrected chi connectivity index (χ0v) is 11.5. The van der Waals surface area contributed by atoms with E-state index in [1.807, 2.05) is 0 Å². The van der Waals surface area contributed by atoms with Crippen molar-refractivity contribution >= 4 is 23.1 Å². The average Bonchev–Trinajstić information content (AvgIpc) is 2.85. The van der Waals surface area contributed by atoms with Gasteiger partial charge in [-0.1, -0.05) is 0 Å². The number of carbonyl (C=O) groups is 1. The minimum atomic E-state index is -0.208. The van der Waals surface area contributed by atoms with Crippen molar-refractivity contribution in [2.24, 2.45) is 0 Å². The van der Waals surface area contributed by atoms with Gasteiger partial charge in [0.05, 0.1) is 25.0 Å². The molecule has 100 valence electrons. The molecule has 1 aromatic heterocycles. The van der Waals surface area contributed by atoms with Crippen molar-refractivity contribution in [3.05, 3.63) is 40.4 Å². The number of hydrogen-bond donors (Lipinski definition) is 2. The van der Waals surface area contributed by atoms with Gasteiger partial charge < -0.3 is 15.2 Å². The number of nitrogens with zero attached hydrogens (tertiary/aromatic N) is 1. The van der Waals surface area contributed by atoms with Crippen LogP contribution in [0.15, 0.2) is 23.6 Å². The average molecular weight is 278 g/mol. The number of hydrogen-bond acceptors (Lipinski definition) is 5. The maximum atomic E-state index is 12.0. The fourth-order valence-electron chi connectivity index (χ4n) is 1.69. The van der Waals surface area contributed by atoms with E-state index < -0.39 is 0 Å². The lowest BCUT2D eigenvalue weighted by Crippen LogP contribution is -2.12.